The molecule has 6 nitrogen and oxygen atoms in total. The fourth-order valence-electron chi connectivity index (χ4n) is 3.20. The maximum Gasteiger partial charge on any atom is 0.264 e. The van der Waals surface area contributed by atoms with E-state index in [1.165, 1.54) is 18.3 Å². The maximum atomic E-state index is 13.3. The van der Waals surface area contributed by atoms with Gasteiger partial charge in [0.05, 0.1) is 16.8 Å². The Morgan fingerprint density at radius 3 is 2.32 bits per heavy atom. The molecule has 0 spiro atoms. The Balaban J connectivity index is 1.87. The van der Waals surface area contributed by atoms with Gasteiger partial charge in [-0.25, -0.2) is 13.8 Å². The zero-order chi connectivity index (χ0) is 22.4. The van der Waals surface area contributed by atoms with Crippen LogP contribution >= 0.6 is 0 Å². The van der Waals surface area contributed by atoms with E-state index in [0.29, 0.717) is 5.69 Å². The van der Waals surface area contributed by atoms with Gasteiger partial charge < -0.3 is 0 Å². The number of amides is 1. The lowest BCUT2D eigenvalue weighted by molar-refractivity contribution is -0.119. The number of nitrogens with one attached hydrogen (secondary N) is 1. The summed E-state index contributed by atoms with van der Waals surface area (Å²) in [6.07, 6.45) is 1.53. The van der Waals surface area contributed by atoms with Crippen LogP contribution < -0.4 is 9.73 Å². The first-order valence-corrected chi connectivity index (χ1v) is 11.2. The van der Waals surface area contributed by atoms with Gasteiger partial charge >= 0.3 is 0 Å². The predicted octanol–water partition coefficient (Wildman–Crippen LogP) is 3.96. The number of hydrogen-bond acceptors (Lipinski definition) is 4. The number of benzene rings is 3. The lowest BCUT2D eigenvalue weighted by Crippen LogP contribution is -2.40. The van der Waals surface area contributed by atoms with Crippen LogP contribution in [0.1, 0.15) is 22.3 Å². The molecule has 0 aliphatic heterocycles. The predicted molar refractivity (Wildman–Crippen MR) is 124 cm³/mol. The molecule has 3 aromatic rings. The van der Waals surface area contributed by atoms with Crippen LogP contribution in [-0.4, -0.2) is 27.1 Å². The van der Waals surface area contributed by atoms with Crippen LogP contribution in [0.15, 0.2) is 82.8 Å². The Kier molecular flexibility index (Phi) is 6.87. The molecule has 31 heavy (non-hydrogen) atoms. The van der Waals surface area contributed by atoms with E-state index in [-0.39, 0.29) is 4.90 Å². The third-order valence-electron chi connectivity index (χ3n) is 4.68. The maximum absolute atomic E-state index is 13.3. The largest absolute Gasteiger partial charge is 0.271 e. The first-order valence-electron chi connectivity index (χ1n) is 9.81. The van der Waals surface area contributed by atoms with Gasteiger partial charge in [0.2, 0.25) is 0 Å². The minimum atomic E-state index is -3.95. The molecule has 3 aromatic carbocycles. The quantitative estimate of drug-likeness (QED) is 0.451. The van der Waals surface area contributed by atoms with Gasteiger partial charge in [-0.2, -0.15) is 5.10 Å². The minimum absolute atomic E-state index is 0.117. The zero-order valence-corrected chi connectivity index (χ0v) is 18.6. The average molecular weight is 436 g/mol. The van der Waals surface area contributed by atoms with Crippen LogP contribution in [0, 0.1) is 20.8 Å². The number of aryl methyl sites for hydroxylation is 3. The number of anilines is 1. The van der Waals surface area contributed by atoms with Crippen molar-refractivity contribution < 1.29 is 13.2 Å². The second-order valence-electron chi connectivity index (χ2n) is 7.32. The Morgan fingerprint density at radius 2 is 1.65 bits per heavy atom. The van der Waals surface area contributed by atoms with E-state index in [9.17, 15) is 13.2 Å². The molecular weight excluding hydrogens is 410 g/mol. The number of nitrogens with zero attached hydrogens (tertiary/aromatic N) is 2. The average Bonchev–Trinajstić information content (AvgIpc) is 2.73. The number of carbonyl (C=O) groups is 1. The number of hydrazone groups is 1. The summed E-state index contributed by atoms with van der Waals surface area (Å²) in [6.45, 7) is 5.32. The molecule has 3 rings (SSSR count). The van der Waals surface area contributed by atoms with Gasteiger partial charge in [-0.05, 0) is 50.1 Å². The Bertz CT molecular complexity index is 1210. The molecule has 0 fully saturated rings. The van der Waals surface area contributed by atoms with Crippen LogP contribution in [0.3, 0.4) is 0 Å². The van der Waals surface area contributed by atoms with Gasteiger partial charge in [0.15, 0.2) is 0 Å². The number of rotatable bonds is 7. The van der Waals surface area contributed by atoms with Crippen molar-refractivity contribution in [3.05, 3.63) is 95.1 Å². The number of carbonyl (C=O) groups excluding carboxylic acids is 1. The van der Waals surface area contributed by atoms with E-state index in [1.54, 1.807) is 24.3 Å². The Labute approximate surface area is 183 Å². The highest BCUT2D eigenvalue weighted by atomic mass is 32.2. The van der Waals surface area contributed by atoms with E-state index in [1.807, 2.05) is 57.2 Å². The third-order valence-corrected chi connectivity index (χ3v) is 6.46. The molecule has 1 N–H and O–H groups in total. The van der Waals surface area contributed by atoms with Crippen molar-refractivity contribution in [2.24, 2.45) is 5.10 Å². The molecule has 0 heterocycles. The molecule has 0 aliphatic rings. The van der Waals surface area contributed by atoms with Crippen molar-refractivity contribution >= 4 is 27.8 Å². The van der Waals surface area contributed by atoms with E-state index in [2.05, 4.69) is 10.5 Å². The van der Waals surface area contributed by atoms with Crippen molar-refractivity contribution in [3.63, 3.8) is 0 Å². The lowest BCUT2D eigenvalue weighted by atomic mass is 10.1. The first-order chi connectivity index (χ1) is 14.8. The molecule has 1 amide bonds. The highest BCUT2D eigenvalue weighted by molar-refractivity contribution is 7.92. The Morgan fingerprint density at radius 1 is 0.935 bits per heavy atom. The van der Waals surface area contributed by atoms with Crippen molar-refractivity contribution in [1.82, 2.24) is 5.43 Å². The first kappa shape index (κ1) is 22.2. The normalized spacial score (nSPS) is 11.5. The van der Waals surface area contributed by atoms with Crippen LogP contribution in [-0.2, 0) is 14.8 Å². The van der Waals surface area contributed by atoms with Crippen molar-refractivity contribution in [2.45, 2.75) is 25.7 Å². The molecule has 160 valence electrons. The van der Waals surface area contributed by atoms with Crippen molar-refractivity contribution in [2.75, 3.05) is 10.8 Å². The monoisotopic (exact) mass is 435 g/mol. The summed E-state index contributed by atoms with van der Waals surface area (Å²) < 4.78 is 27.8. The van der Waals surface area contributed by atoms with Crippen LogP contribution in [0.2, 0.25) is 0 Å². The molecular formula is C24H25N3O3S. The van der Waals surface area contributed by atoms with Crippen molar-refractivity contribution in [1.29, 1.82) is 0 Å². The van der Waals surface area contributed by atoms with E-state index in [4.69, 9.17) is 0 Å². The summed E-state index contributed by atoms with van der Waals surface area (Å²) >= 11 is 0. The Hall–Kier alpha value is -3.45. The van der Waals surface area contributed by atoms with Crippen LogP contribution in [0.25, 0.3) is 0 Å². The van der Waals surface area contributed by atoms with Gasteiger partial charge in [0, 0.05) is 0 Å². The topological polar surface area (TPSA) is 78.8 Å². The summed E-state index contributed by atoms with van der Waals surface area (Å²) in [4.78, 5) is 12.7. The smallest absolute Gasteiger partial charge is 0.264 e. The second-order valence-corrected chi connectivity index (χ2v) is 9.18. The molecule has 0 aliphatic carbocycles. The standard InChI is InChI=1S/C24H25N3O3S/c1-18-8-7-9-21(15-18)16-25-26-24(28)17-27(23-13-12-19(2)14-20(23)3)31(29,30)22-10-5-4-6-11-22/h4-16H,17H2,1-3H3,(H,26,28)/b25-16-. The number of sulfonamides is 1. The lowest BCUT2D eigenvalue weighted by Gasteiger charge is -2.25. The van der Waals surface area contributed by atoms with Gasteiger partial charge in [-0.1, -0.05) is 65.7 Å². The SMILES string of the molecule is Cc1cccc(/C=N\NC(=O)CN(c2ccc(C)cc2C)S(=O)(=O)c2ccccc2)c1. The molecule has 0 saturated carbocycles. The number of hydrogen-bond donors (Lipinski definition) is 1. The molecule has 0 unspecified atom stereocenters. The minimum Gasteiger partial charge on any atom is -0.271 e. The van der Waals surface area contributed by atoms with E-state index < -0.39 is 22.5 Å². The van der Waals surface area contributed by atoms with Crippen LogP contribution in [0.4, 0.5) is 5.69 Å². The third kappa shape index (κ3) is 5.58. The summed E-state index contributed by atoms with van der Waals surface area (Å²) in [5, 5.41) is 3.97. The molecule has 0 aromatic heterocycles. The fraction of sp³-hybridized carbons (Fsp3) is 0.167. The van der Waals surface area contributed by atoms with Gasteiger partial charge in [0.1, 0.15) is 6.54 Å². The summed E-state index contributed by atoms with van der Waals surface area (Å²) in [7, 11) is -3.95. The van der Waals surface area contributed by atoms with Gasteiger partial charge in [-0.3, -0.25) is 9.10 Å². The molecule has 0 bridgehead atoms. The molecule has 0 saturated heterocycles. The highest BCUT2D eigenvalue weighted by Gasteiger charge is 2.28. The van der Waals surface area contributed by atoms with Gasteiger partial charge in [-0.15, -0.1) is 0 Å². The highest BCUT2D eigenvalue weighted by Crippen LogP contribution is 2.27. The fourth-order valence-corrected chi connectivity index (χ4v) is 4.71. The molecule has 0 atom stereocenters. The van der Waals surface area contributed by atoms with Gasteiger partial charge in [0.25, 0.3) is 15.9 Å². The van der Waals surface area contributed by atoms with Crippen molar-refractivity contribution in [3.8, 4) is 0 Å². The molecule has 0 radical (unpaired) electrons. The summed E-state index contributed by atoms with van der Waals surface area (Å²) in [5.74, 6) is -0.539. The van der Waals surface area contributed by atoms with Crippen LogP contribution in [0.5, 0.6) is 0 Å². The molecule has 7 heteroatoms. The summed E-state index contributed by atoms with van der Waals surface area (Å²) in [5.41, 5.74) is 6.56. The zero-order valence-electron chi connectivity index (χ0n) is 17.7. The van der Waals surface area contributed by atoms with E-state index in [0.717, 1.165) is 26.6 Å². The van der Waals surface area contributed by atoms with E-state index >= 15 is 0 Å². The summed E-state index contributed by atoms with van der Waals surface area (Å²) in [6, 6.07) is 21.2. The second kappa shape index (κ2) is 9.57.